The van der Waals surface area contributed by atoms with Crippen LogP contribution in [0, 0.1) is 0 Å². The summed E-state index contributed by atoms with van der Waals surface area (Å²) in [5.74, 6) is -0.143. The maximum Gasteiger partial charge on any atom is 0.573 e. The molecule has 2 aromatic carbocycles. The fourth-order valence-corrected chi connectivity index (χ4v) is 3.71. The number of likely N-dealkylation sites (tertiary alicyclic amines) is 1. The lowest BCUT2D eigenvalue weighted by molar-refractivity contribution is -0.274. The third-order valence-corrected chi connectivity index (χ3v) is 5.26. The molecule has 1 aliphatic rings. The molecule has 2 heterocycles. The number of hydrogen-bond acceptors (Lipinski definition) is 4. The summed E-state index contributed by atoms with van der Waals surface area (Å²) in [6.45, 7) is 6.56. The highest BCUT2D eigenvalue weighted by molar-refractivity contribution is 5.93. The van der Waals surface area contributed by atoms with E-state index >= 15 is 0 Å². The van der Waals surface area contributed by atoms with Gasteiger partial charge in [-0.2, -0.15) is 0 Å². The Morgan fingerprint density at radius 1 is 1.09 bits per heavy atom. The van der Waals surface area contributed by atoms with Gasteiger partial charge in [0.2, 0.25) is 0 Å². The van der Waals surface area contributed by atoms with Gasteiger partial charge in [0, 0.05) is 31.6 Å². The van der Waals surface area contributed by atoms with Gasteiger partial charge in [-0.1, -0.05) is 12.1 Å². The smallest absolute Gasteiger partial charge is 0.444 e. The standard InChI is InChI=1S/C23H24F3N3O3/c1-22(2,3)32-21(30)29-11-16(12-29)15-9-18(20-19(10-15)28(4)13-27-20)14-5-7-17(8-6-14)31-23(24,25)26/h5-10,13,16H,11-12H2,1-4H3. The van der Waals surface area contributed by atoms with Crippen molar-refractivity contribution in [1.82, 2.24) is 14.5 Å². The first kappa shape index (κ1) is 22.0. The van der Waals surface area contributed by atoms with Gasteiger partial charge in [0.1, 0.15) is 11.4 Å². The Morgan fingerprint density at radius 2 is 1.75 bits per heavy atom. The largest absolute Gasteiger partial charge is 0.573 e. The van der Waals surface area contributed by atoms with E-state index in [1.807, 2.05) is 44.5 Å². The van der Waals surface area contributed by atoms with Crippen molar-refractivity contribution >= 4 is 17.1 Å². The van der Waals surface area contributed by atoms with Crippen molar-refractivity contribution < 1.29 is 27.4 Å². The second-order valence-corrected chi connectivity index (χ2v) is 8.95. The first-order chi connectivity index (χ1) is 14.9. The Hall–Kier alpha value is -3.23. The molecular formula is C23H24F3N3O3. The predicted octanol–water partition coefficient (Wildman–Crippen LogP) is 5.47. The molecule has 0 atom stereocenters. The zero-order valence-corrected chi connectivity index (χ0v) is 18.2. The molecule has 0 saturated carbocycles. The van der Waals surface area contributed by atoms with Crippen LogP contribution >= 0.6 is 0 Å². The average Bonchev–Trinajstić information content (AvgIpc) is 2.99. The Balaban J connectivity index is 1.60. The van der Waals surface area contributed by atoms with Crippen LogP contribution in [-0.2, 0) is 11.8 Å². The van der Waals surface area contributed by atoms with Crippen molar-refractivity contribution in [1.29, 1.82) is 0 Å². The third-order valence-electron chi connectivity index (χ3n) is 5.26. The van der Waals surface area contributed by atoms with Crippen LogP contribution in [0.2, 0.25) is 0 Å². The molecule has 1 aliphatic heterocycles. The lowest BCUT2D eigenvalue weighted by Crippen LogP contribution is -2.50. The van der Waals surface area contributed by atoms with Crippen LogP contribution in [0.15, 0.2) is 42.7 Å². The summed E-state index contributed by atoms with van der Waals surface area (Å²) < 4.78 is 48.7. The monoisotopic (exact) mass is 447 g/mol. The highest BCUT2D eigenvalue weighted by Crippen LogP contribution is 2.36. The molecule has 0 unspecified atom stereocenters. The van der Waals surface area contributed by atoms with Crippen LogP contribution in [0.1, 0.15) is 32.3 Å². The van der Waals surface area contributed by atoms with E-state index in [0.29, 0.717) is 13.1 Å². The van der Waals surface area contributed by atoms with Gasteiger partial charge in [-0.15, -0.1) is 13.2 Å². The minimum atomic E-state index is -4.74. The normalized spacial score (nSPS) is 15.0. The summed E-state index contributed by atoms with van der Waals surface area (Å²) in [7, 11) is 1.89. The number of hydrogen-bond donors (Lipinski definition) is 0. The van der Waals surface area contributed by atoms with Gasteiger partial charge in [-0.25, -0.2) is 9.78 Å². The van der Waals surface area contributed by atoms with Crippen molar-refractivity contribution in [3.63, 3.8) is 0 Å². The summed E-state index contributed by atoms with van der Waals surface area (Å²) in [6.07, 6.45) is -3.37. The third kappa shape index (κ3) is 4.66. The topological polar surface area (TPSA) is 56.6 Å². The number of imidazole rings is 1. The predicted molar refractivity (Wildman–Crippen MR) is 113 cm³/mol. The molecule has 9 heteroatoms. The molecule has 0 aliphatic carbocycles. The molecular weight excluding hydrogens is 423 g/mol. The van der Waals surface area contributed by atoms with Crippen molar-refractivity contribution in [2.24, 2.45) is 7.05 Å². The second kappa shape index (κ2) is 7.72. The molecule has 32 heavy (non-hydrogen) atoms. The van der Waals surface area contributed by atoms with Crippen molar-refractivity contribution in [3.8, 4) is 16.9 Å². The van der Waals surface area contributed by atoms with Gasteiger partial charge < -0.3 is 18.9 Å². The molecule has 0 N–H and O–H groups in total. The molecule has 170 valence electrons. The first-order valence-corrected chi connectivity index (χ1v) is 10.2. The Labute approximate surface area is 183 Å². The van der Waals surface area contributed by atoms with Gasteiger partial charge in [-0.05, 0) is 56.2 Å². The van der Waals surface area contributed by atoms with E-state index in [9.17, 15) is 18.0 Å². The summed E-state index contributed by atoms with van der Waals surface area (Å²) in [6, 6.07) is 9.79. The fraction of sp³-hybridized carbons (Fsp3) is 0.391. The first-order valence-electron chi connectivity index (χ1n) is 10.2. The Bertz CT molecular complexity index is 1140. The minimum Gasteiger partial charge on any atom is -0.444 e. The van der Waals surface area contributed by atoms with E-state index in [-0.39, 0.29) is 17.8 Å². The number of aryl methyl sites for hydroxylation is 1. The van der Waals surface area contributed by atoms with E-state index in [4.69, 9.17) is 4.74 Å². The number of aromatic nitrogens is 2. The fourth-order valence-electron chi connectivity index (χ4n) is 3.71. The van der Waals surface area contributed by atoms with Crippen LogP contribution in [0.5, 0.6) is 5.75 Å². The van der Waals surface area contributed by atoms with E-state index in [1.165, 1.54) is 12.1 Å². The number of amides is 1. The lowest BCUT2D eigenvalue weighted by atomic mass is 9.89. The Morgan fingerprint density at radius 3 is 2.34 bits per heavy atom. The van der Waals surface area contributed by atoms with Crippen LogP contribution in [0.3, 0.4) is 0 Å². The van der Waals surface area contributed by atoms with Crippen molar-refractivity contribution in [3.05, 3.63) is 48.3 Å². The van der Waals surface area contributed by atoms with Crippen LogP contribution in [0.4, 0.5) is 18.0 Å². The minimum absolute atomic E-state index is 0.133. The summed E-state index contributed by atoms with van der Waals surface area (Å²) in [5, 5.41) is 0. The van der Waals surface area contributed by atoms with Crippen molar-refractivity contribution in [2.75, 3.05) is 13.1 Å². The number of fused-ring (bicyclic) bond motifs is 1. The Kier molecular flexibility index (Phi) is 5.30. The number of benzene rings is 2. The molecule has 1 fully saturated rings. The number of alkyl halides is 3. The molecule has 3 aromatic rings. The van der Waals surface area contributed by atoms with Crippen LogP contribution in [0.25, 0.3) is 22.2 Å². The summed E-state index contributed by atoms with van der Waals surface area (Å²) in [5.41, 5.74) is 3.69. The van der Waals surface area contributed by atoms with Crippen LogP contribution in [-0.4, -0.2) is 45.6 Å². The SMILES string of the molecule is Cn1cnc2c(-c3ccc(OC(F)(F)F)cc3)cc(C3CN(C(=O)OC(C)(C)C)C3)cc21. The zero-order valence-electron chi connectivity index (χ0n) is 18.2. The van der Waals surface area contributed by atoms with Gasteiger partial charge in [0.25, 0.3) is 0 Å². The molecule has 0 spiro atoms. The van der Waals surface area contributed by atoms with E-state index in [0.717, 1.165) is 27.7 Å². The lowest BCUT2D eigenvalue weighted by Gasteiger charge is -2.40. The van der Waals surface area contributed by atoms with Gasteiger partial charge in [-0.3, -0.25) is 0 Å². The molecule has 1 saturated heterocycles. The zero-order chi connectivity index (χ0) is 23.3. The molecule has 4 rings (SSSR count). The van der Waals surface area contributed by atoms with Gasteiger partial charge in [0.05, 0.1) is 17.4 Å². The van der Waals surface area contributed by atoms with Gasteiger partial charge >= 0.3 is 12.5 Å². The average molecular weight is 447 g/mol. The maximum atomic E-state index is 12.5. The molecule has 0 radical (unpaired) electrons. The number of carbonyl (C=O) groups excluding carboxylic acids is 1. The number of nitrogens with zero attached hydrogens (tertiary/aromatic N) is 3. The molecule has 1 amide bonds. The summed E-state index contributed by atoms with van der Waals surface area (Å²) >= 11 is 0. The second-order valence-electron chi connectivity index (χ2n) is 8.95. The molecule has 0 bridgehead atoms. The number of carbonyl (C=O) groups is 1. The van der Waals surface area contributed by atoms with Gasteiger partial charge in [0.15, 0.2) is 0 Å². The van der Waals surface area contributed by atoms with Crippen molar-refractivity contribution in [2.45, 2.75) is 38.7 Å². The maximum absolute atomic E-state index is 12.5. The number of rotatable bonds is 3. The molecule has 6 nitrogen and oxygen atoms in total. The highest BCUT2D eigenvalue weighted by Gasteiger charge is 2.35. The van der Waals surface area contributed by atoms with E-state index < -0.39 is 12.0 Å². The van der Waals surface area contributed by atoms with E-state index in [1.54, 1.807) is 23.4 Å². The summed E-state index contributed by atoms with van der Waals surface area (Å²) in [4.78, 5) is 18.4. The quantitative estimate of drug-likeness (QED) is 0.534. The number of halogens is 3. The van der Waals surface area contributed by atoms with Crippen LogP contribution < -0.4 is 4.74 Å². The van der Waals surface area contributed by atoms with E-state index in [2.05, 4.69) is 9.72 Å². The highest BCUT2D eigenvalue weighted by atomic mass is 19.4. The molecule has 1 aromatic heterocycles. The number of ether oxygens (including phenoxy) is 2.